The highest BCUT2D eigenvalue weighted by molar-refractivity contribution is 5.92. The minimum atomic E-state index is -0.540. The normalized spacial score (nSPS) is 14.0. The molecular weight excluding hydrogens is 286 g/mol. The minimum Gasteiger partial charge on any atom is -0.444 e. The van der Waals surface area contributed by atoms with Gasteiger partial charge in [-0.05, 0) is 27.2 Å². The fourth-order valence-electron chi connectivity index (χ4n) is 2.15. The Morgan fingerprint density at radius 2 is 2.23 bits per heavy atom. The molecule has 0 aliphatic carbocycles. The number of hydrogen-bond acceptors (Lipinski definition) is 5. The van der Waals surface area contributed by atoms with Gasteiger partial charge in [0.15, 0.2) is 5.82 Å². The number of amides is 2. The molecule has 0 unspecified atom stereocenters. The van der Waals surface area contributed by atoms with Crippen LogP contribution < -0.4 is 5.32 Å². The molecule has 2 heterocycles. The average molecular weight is 305 g/mol. The fourth-order valence-corrected chi connectivity index (χ4v) is 2.15. The first-order valence-corrected chi connectivity index (χ1v) is 7.01. The van der Waals surface area contributed by atoms with E-state index >= 15 is 0 Å². The highest BCUT2D eigenvalue weighted by Gasteiger charge is 2.28. The lowest BCUT2D eigenvalue weighted by Gasteiger charge is -2.29. The van der Waals surface area contributed by atoms with E-state index in [1.165, 1.54) is 0 Å². The van der Waals surface area contributed by atoms with Gasteiger partial charge in [-0.2, -0.15) is 10.4 Å². The summed E-state index contributed by atoms with van der Waals surface area (Å²) in [5, 5.41) is 18.0. The molecule has 0 radical (unpaired) electrons. The second-order valence-corrected chi connectivity index (χ2v) is 6.06. The number of carbonyl (C=O) groups excluding carboxylic acids is 2. The average Bonchev–Trinajstić information content (AvgIpc) is 2.79. The van der Waals surface area contributed by atoms with E-state index < -0.39 is 11.5 Å². The summed E-state index contributed by atoms with van der Waals surface area (Å²) < 4.78 is 5.34. The number of H-pyrrole nitrogens is 1. The van der Waals surface area contributed by atoms with Crippen LogP contribution in [0.15, 0.2) is 0 Å². The van der Waals surface area contributed by atoms with Gasteiger partial charge >= 0.3 is 6.09 Å². The van der Waals surface area contributed by atoms with Crippen LogP contribution in [0.2, 0.25) is 0 Å². The molecule has 1 aromatic rings. The van der Waals surface area contributed by atoms with Gasteiger partial charge in [-0.3, -0.25) is 9.89 Å². The molecule has 0 saturated heterocycles. The summed E-state index contributed by atoms with van der Waals surface area (Å²) in [6.45, 7) is 6.30. The number of anilines is 1. The van der Waals surface area contributed by atoms with Gasteiger partial charge in [0.05, 0.1) is 18.3 Å². The van der Waals surface area contributed by atoms with E-state index in [1.807, 2.05) is 20.8 Å². The first-order valence-electron chi connectivity index (χ1n) is 7.01. The van der Waals surface area contributed by atoms with Crippen LogP contribution in [0.1, 0.15) is 38.4 Å². The monoisotopic (exact) mass is 305 g/mol. The number of carbonyl (C=O) groups is 2. The molecular formula is C14H19N5O3. The maximum absolute atomic E-state index is 12.1. The van der Waals surface area contributed by atoms with Crippen LogP contribution >= 0.6 is 0 Å². The molecule has 8 heteroatoms. The molecule has 1 aliphatic heterocycles. The van der Waals surface area contributed by atoms with Crippen LogP contribution in [0, 0.1) is 11.3 Å². The van der Waals surface area contributed by atoms with Crippen LogP contribution in [-0.4, -0.2) is 39.2 Å². The first kappa shape index (κ1) is 15.8. The number of hydrogen-bond donors (Lipinski definition) is 2. The number of nitrogens with zero attached hydrogens (tertiary/aromatic N) is 3. The molecule has 0 aromatic carbocycles. The number of nitrogens with one attached hydrogen (secondary N) is 2. The van der Waals surface area contributed by atoms with Crippen molar-refractivity contribution in [2.75, 3.05) is 11.9 Å². The lowest BCUT2D eigenvalue weighted by atomic mass is 10.1. The third-order valence-electron chi connectivity index (χ3n) is 3.08. The molecule has 1 aliphatic rings. The molecule has 0 atom stereocenters. The second kappa shape index (κ2) is 6.05. The van der Waals surface area contributed by atoms with E-state index in [0.29, 0.717) is 25.3 Å². The summed E-state index contributed by atoms with van der Waals surface area (Å²) in [6.07, 6.45) is -0.0263. The Bertz CT molecular complexity index is 623. The van der Waals surface area contributed by atoms with Gasteiger partial charge in [0, 0.05) is 12.1 Å². The van der Waals surface area contributed by atoms with Crippen molar-refractivity contribution in [3.63, 3.8) is 0 Å². The van der Waals surface area contributed by atoms with Gasteiger partial charge in [0.25, 0.3) is 0 Å². The highest BCUT2D eigenvalue weighted by Crippen LogP contribution is 2.24. The van der Waals surface area contributed by atoms with Crippen molar-refractivity contribution in [3.8, 4) is 6.07 Å². The van der Waals surface area contributed by atoms with Gasteiger partial charge < -0.3 is 15.0 Å². The lowest BCUT2D eigenvalue weighted by molar-refractivity contribution is -0.115. The summed E-state index contributed by atoms with van der Waals surface area (Å²) in [6, 6.07) is 1.78. The topological polar surface area (TPSA) is 111 Å². The Hall–Kier alpha value is -2.56. The summed E-state index contributed by atoms with van der Waals surface area (Å²) >= 11 is 0. The summed E-state index contributed by atoms with van der Waals surface area (Å²) in [7, 11) is 0. The van der Waals surface area contributed by atoms with Crippen molar-refractivity contribution in [2.45, 2.75) is 45.8 Å². The Morgan fingerprint density at radius 3 is 2.86 bits per heavy atom. The molecule has 22 heavy (non-hydrogen) atoms. The predicted octanol–water partition coefficient (Wildman–Crippen LogP) is 1.56. The van der Waals surface area contributed by atoms with Crippen molar-refractivity contribution in [3.05, 3.63) is 11.3 Å². The minimum absolute atomic E-state index is 0.217. The molecule has 0 saturated carbocycles. The van der Waals surface area contributed by atoms with Crippen LogP contribution in [0.25, 0.3) is 0 Å². The third kappa shape index (κ3) is 3.75. The molecule has 2 amide bonds. The van der Waals surface area contributed by atoms with Gasteiger partial charge in [0.2, 0.25) is 5.91 Å². The van der Waals surface area contributed by atoms with E-state index in [1.54, 1.807) is 11.0 Å². The van der Waals surface area contributed by atoms with Gasteiger partial charge in [0.1, 0.15) is 12.0 Å². The first-order chi connectivity index (χ1) is 10.3. The third-order valence-corrected chi connectivity index (χ3v) is 3.08. The van der Waals surface area contributed by atoms with Crippen molar-refractivity contribution in [1.82, 2.24) is 15.1 Å². The maximum Gasteiger partial charge on any atom is 0.410 e. The number of rotatable bonds is 2. The molecule has 118 valence electrons. The Morgan fingerprint density at radius 1 is 1.50 bits per heavy atom. The maximum atomic E-state index is 12.1. The van der Waals surface area contributed by atoms with Crippen LogP contribution in [-0.2, 0) is 22.5 Å². The molecule has 1 aromatic heterocycles. The largest absolute Gasteiger partial charge is 0.444 e. The highest BCUT2D eigenvalue weighted by atomic mass is 16.6. The number of nitriles is 1. The second-order valence-electron chi connectivity index (χ2n) is 6.06. The predicted molar refractivity (Wildman–Crippen MR) is 77.8 cm³/mol. The number of aromatic nitrogens is 2. The zero-order valence-corrected chi connectivity index (χ0v) is 12.9. The Kier molecular flexibility index (Phi) is 4.35. The van der Waals surface area contributed by atoms with Gasteiger partial charge in [-0.1, -0.05) is 0 Å². The molecule has 2 N–H and O–H groups in total. The van der Waals surface area contributed by atoms with E-state index in [-0.39, 0.29) is 12.5 Å². The SMILES string of the molecule is CC(C)(C)OC(=O)N1CCc2c(NC(=O)CC#N)n[nH]c2C1. The van der Waals surface area contributed by atoms with E-state index in [4.69, 9.17) is 10.00 Å². The van der Waals surface area contributed by atoms with Crippen LogP contribution in [0.5, 0.6) is 0 Å². The Balaban J connectivity index is 2.04. The quantitative estimate of drug-likeness (QED) is 0.861. The summed E-state index contributed by atoms with van der Waals surface area (Å²) in [4.78, 5) is 25.1. The van der Waals surface area contributed by atoms with Crippen molar-refractivity contribution in [1.29, 1.82) is 5.26 Å². The van der Waals surface area contributed by atoms with Crippen molar-refractivity contribution >= 4 is 17.8 Å². The molecule has 2 rings (SSSR count). The molecule has 0 fully saturated rings. The van der Waals surface area contributed by atoms with E-state index in [9.17, 15) is 9.59 Å². The zero-order chi connectivity index (χ0) is 16.3. The summed E-state index contributed by atoms with van der Waals surface area (Å²) in [5.41, 5.74) is 1.09. The summed E-state index contributed by atoms with van der Waals surface area (Å²) in [5.74, 6) is 0.0328. The van der Waals surface area contributed by atoms with Crippen molar-refractivity contribution < 1.29 is 14.3 Å². The molecule has 0 spiro atoms. The number of aromatic amines is 1. The number of ether oxygens (including phenoxy) is 1. The molecule has 8 nitrogen and oxygen atoms in total. The van der Waals surface area contributed by atoms with Gasteiger partial charge in [-0.25, -0.2) is 4.79 Å². The van der Waals surface area contributed by atoms with E-state index in [0.717, 1.165) is 11.3 Å². The fraction of sp³-hybridized carbons (Fsp3) is 0.571. The smallest absolute Gasteiger partial charge is 0.410 e. The zero-order valence-electron chi connectivity index (χ0n) is 12.9. The Labute approximate surface area is 128 Å². The van der Waals surface area contributed by atoms with E-state index in [2.05, 4.69) is 15.5 Å². The number of fused-ring (bicyclic) bond motifs is 1. The van der Waals surface area contributed by atoms with Crippen molar-refractivity contribution in [2.24, 2.45) is 0 Å². The van der Waals surface area contributed by atoms with Crippen LogP contribution in [0.3, 0.4) is 0 Å². The van der Waals surface area contributed by atoms with Gasteiger partial charge in [-0.15, -0.1) is 0 Å². The van der Waals surface area contributed by atoms with Crippen LogP contribution in [0.4, 0.5) is 10.6 Å². The lowest BCUT2D eigenvalue weighted by Crippen LogP contribution is -2.39. The standard InChI is InChI=1S/C14H19N5O3/c1-14(2,3)22-13(21)19-7-5-9-10(8-19)17-18-12(9)16-11(20)4-6-15/h4-5,7-8H2,1-3H3,(H2,16,17,18,20). The molecule has 0 bridgehead atoms.